The standard InChI is InChI=1S/C11H10N2O2/c1-2-15-11(14)8-4-3-5-9-7-12-13-10(9)6-8/h3-7H,2H2,1H3. The number of ether oxygens (including phenoxy) is 1. The van der Waals surface area contributed by atoms with E-state index in [9.17, 15) is 4.79 Å². The Labute approximate surface area is 87.2 Å². The van der Waals surface area contributed by atoms with Crippen molar-refractivity contribution >= 4 is 5.97 Å². The second-order valence-corrected chi connectivity index (χ2v) is 3.03. The fourth-order valence-corrected chi connectivity index (χ4v) is 1.31. The van der Waals surface area contributed by atoms with Crippen LogP contribution in [0.2, 0.25) is 0 Å². The van der Waals surface area contributed by atoms with Crippen molar-refractivity contribution in [1.29, 1.82) is 0 Å². The quantitative estimate of drug-likeness (QED) is 0.696. The highest BCUT2D eigenvalue weighted by Gasteiger charge is 2.09. The van der Waals surface area contributed by atoms with Crippen molar-refractivity contribution in [3.8, 4) is 11.3 Å². The number of rotatable bonds is 2. The van der Waals surface area contributed by atoms with Gasteiger partial charge in [0.1, 0.15) is 0 Å². The van der Waals surface area contributed by atoms with E-state index >= 15 is 0 Å². The van der Waals surface area contributed by atoms with Gasteiger partial charge in [0.2, 0.25) is 0 Å². The SMILES string of the molecule is CCOC(=O)c1cccc2cnnc-2c1. The maximum absolute atomic E-state index is 11.5. The molecule has 1 heterocycles. The third kappa shape index (κ3) is 1.93. The summed E-state index contributed by atoms with van der Waals surface area (Å²) in [6.07, 6.45) is 1.66. The Bertz CT molecular complexity index is 456. The normalized spacial score (nSPS) is 10.2. The Morgan fingerprint density at radius 2 is 2.33 bits per heavy atom. The Balaban J connectivity index is 2.41. The van der Waals surface area contributed by atoms with E-state index in [1.54, 1.807) is 31.3 Å². The van der Waals surface area contributed by atoms with Crippen molar-refractivity contribution in [3.63, 3.8) is 0 Å². The zero-order valence-electron chi connectivity index (χ0n) is 8.30. The van der Waals surface area contributed by atoms with Crippen LogP contribution in [0.15, 0.2) is 30.5 Å². The first-order chi connectivity index (χ1) is 7.31. The van der Waals surface area contributed by atoms with Crippen molar-refractivity contribution in [2.45, 2.75) is 6.92 Å². The van der Waals surface area contributed by atoms with Crippen LogP contribution in [-0.2, 0) is 4.74 Å². The lowest BCUT2D eigenvalue weighted by Crippen LogP contribution is -2.03. The predicted octanol–water partition coefficient (Wildman–Crippen LogP) is 1.76. The van der Waals surface area contributed by atoms with Crippen LogP contribution >= 0.6 is 0 Å². The molecule has 0 N–H and O–H groups in total. The minimum absolute atomic E-state index is 0.335. The maximum Gasteiger partial charge on any atom is 0.338 e. The molecule has 2 rings (SSSR count). The molecule has 0 aromatic carbocycles. The van der Waals surface area contributed by atoms with Crippen molar-refractivity contribution in [3.05, 3.63) is 36.0 Å². The Kier molecular flexibility index (Phi) is 2.58. The summed E-state index contributed by atoms with van der Waals surface area (Å²) in [6, 6.07) is 7.04. The molecule has 0 bridgehead atoms. The lowest BCUT2D eigenvalue weighted by molar-refractivity contribution is 0.0526. The molecule has 0 atom stereocenters. The molecular weight excluding hydrogens is 192 g/mol. The number of fused-ring (bicyclic) bond motifs is 1. The van der Waals surface area contributed by atoms with Crippen LogP contribution in [0.25, 0.3) is 11.3 Å². The first-order valence-corrected chi connectivity index (χ1v) is 4.70. The minimum atomic E-state index is -0.335. The van der Waals surface area contributed by atoms with Gasteiger partial charge in [-0.15, -0.1) is 0 Å². The Morgan fingerprint density at radius 3 is 3.13 bits per heavy atom. The van der Waals surface area contributed by atoms with E-state index in [0.29, 0.717) is 17.9 Å². The number of esters is 1. The Hall–Kier alpha value is -1.97. The number of nitrogens with zero attached hydrogens (tertiary/aromatic N) is 2. The van der Waals surface area contributed by atoms with E-state index in [4.69, 9.17) is 4.74 Å². The summed E-state index contributed by atoms with van der Waals surface area (Å²) in [5, 5.41) is 7.68. The highest BCUT2D eigenvalue weighted by molar-refractivity contribution is 5.90. The van der Waals surface area contributed by atoms with Crippen LogP contribution in [0.5, 0.6) is 0 Å². The third-order valence-corrected chi connectivity index (χ3v) is 2.01. The van der Waals surface area contributed by atoms with Crippen LogP contribution in [0.1, 0.15) is 17.3 Å². The second-order valence-electron chi connectivity index (χ2n) is 3.03. The van der Waals surface area contributed by atoms with Crippen molar-refractivity contribution in [2.24, 2.45) is 0 Å². The van der Waals surface area contributed by atoms with Crippen LogP contribution < -0.4 is 0 Å². The summed E-state index contributed by atoms with van der Waals surface area (Å²) in [5.74, 6) is -0.335. The summed E-state index contributed by atoms with van der Waals surface area (Å²) >= 11 is 0. The van der Waals surface area contributed by atoms with Gasteiger partial charge in [-0.05, 0) is 19.1 Å². The molecule has 0 saturated carbocycles. The van der Waals surface area contributed by atoms with Gasteiger partial charge in [-0.2, -0.15) is 10.2 Å². The second kappa shape index (κ2) is 4.04. The molecule has 0 unspecified atom stereocenters. The van der Waals surface area contributed by atoms with Crippen LogP contribution in [0.3, 0.4) is 0 Å². The van der Waals surface area contributed by atoms with Crippen LogP contribution in [0, 0.1) is 0 Å². The van der Waals surface area contributed by atoms with Gasteiger partial charge in [0.05, 0.1) is 24.1 Å². The van der Waals surface area contributed by atoms with Gasteiger partial charge in [0.15, 0.2) is 0 Å². The van der Waals surface area contributed by atoms with Crippen LogP contribution in [0.4, 0.5) is 0 Å². The molecule has 0 saturated heterocycles. The van der Waals surface area contributed by atoms with Crippen LogP contribution in [-0.4, -0.2) is 22.8 Å². The lowest BCUT2D eigenvalue weighted by atomic mass is 10.2. The monoisotopic (exact) mass is 202 g/mol. The van der Waals surface area contributed by atoms with E-state index in [2.05, 4.69) is 10.2 Å². The molecule has 2 aliphatic rings. The first-order valence-electron chi connectivity index (χ1n) is 4.70. The van der Waals surface area contributed by atoms with Gasteiger partial charge in [0, 0.05) is 5.56 Å². The van der Waals surface area contributed by atoms with E-state index in [1.807, 2.05) is 6.07 Å². The van der Waals surface area contributed by atoms with E-state index < -0.39 is 0 Å². The molecule has 4 heteroatoms. The van der Waals surface area contributed by atoms with Gasteiger partial charge in [-0.1, -0.05) is 12.1 Å². The van der Waals surface area contributed by atoms with Crippen molar-refractivity contribution in [2.75, 3.05) is 6.61 Å². The Morgan fingerprint density at radius 1 is 1.47 bits per heavy atom. The lowest BCUT2D eigenvalue weighted by Gasteiger charge is -1.98. The number of aromatic nitrogens is 2. The molecule has 4 nitrogen and oxygen atoms in total. The molecule has 15 heavy (non-hydrogen) atoms. The van der Waals surface area contributed by atoms with Crippen molar-refractivity contribution in [1.82, 2.24) is 10.2 Å². The molecule has 1 aliphatic heterocycles. The average Bonchev–Trinajstić information content (AvgIpc) is 2.56. The van der Waals surface area contributed by atoms with E-state index in [1.165, 1.54) is 0 Å². The summed E-state index contributed by atoms with van der Waals surface area (Å²) in [7, 11) is 0. The van der Waals surface area contributed by atoms with Gasteiger partial charge < -0.3 is 4.74 Å². The first kappa shape index (κ1) is 9.58. The van der Waals surface area contributed by atoms with Gasteiger partial charge >= 0.3 is 5.97 Å². The topological polar surface area (TPSA) is 52.1 Å². The summed E-state index contributed by atoms with van der Waals surface area (Å²) < 4.78 is 4.91. The molecule has 0 spiro atoms. The van der Waals surface area contributed by atoms with E-state index in [-0.39, 0.29) is 5.97 Å². The predicted molar refractivity (Wildman–Crippen MR) is 54.6 cm³/mol. The summed E-state index contributed by atoms with van der Waals surface area (Å²) in [4.78, 5) is 11.5. The number of carbonyl (C=O) groups is 1. The summed E-state index contributed by atoms with van der Waals surface area (Å²) in [5.41, 5.74) is 2.10. The fourth-order valence-electron chi connectivity index (χ4n) is 1.31. The smallest absolute Gasteiger partial charge is 0.338 e. The molecule has 0 aromatic heterocycles. The maximum atomic E-state index is 11.5. The van der Waals surface area contributed by atoms with Gasteiger partial charge in [-0.25, -0.2) is 4.79 Å². The number of carbonyl (C=O) groups excluding carboxylic acids is 1. The molecule has 0 radical (unpaired) electrons. The molecule has 1 aliphatic carbocycles. The minimum Gasteiger partial charge on any atom is -0.462 e. The highest BCUT2D eigenvalue weighted by Crippen LogP contribution is 2.17. The largest absolute Gasteiger partial charge is 0.462 e. The van der Waals surface area contributed by atoms with E-state index in [0.717, 1.165) is 5.56 Å². The third-order valence-electron chi connectivity index (χ3n) is 2.01. The fraction of sp³-hybridized carbons (Fsp3) is 0.182. The highest BCUT2D eigenvalue weighted by atomic mass is 16.5. The number of hydrogen-bond donors (Lipinski definition) is 0. The van der Waals surface area contributed by atoms with Gasteiger partial charge in [-0.3, -0.25) is 0 Å². The average molecular weight is 202 g/mol. The zero-order chi connectivity index (χ0) is 10.7. The molecule has 0 fully saturated rings. The van der Waals surface area contributed by atoms with Crippen molar-refractivity contribution < 1.29 is 9.53 Å². The molecule has 0 aromatic rings. The summed E-state index contributed by atoms with van der Waals surface area (Å²) in [6.45, 7) is 2.14. The molecular formula is C11H10N2O2. The van der Waals surface area contributed by atoms with Gasteiger partial charge in [0.25, 0.3) is 0 Å². The molecule has 0 amide bonds. The zero-order valence-corrected chi connectivity index (χ0v) is 8.30. The number of hydrogen-bond acceptors (Lipinski definition) is 4. The molecule has 76 valence electrons.